The van der Waals surface area contributed by atoms with E-state index in [0.29, 0.717) is 4.88 Å². The van der Waals surface area contributed by atoms with E-state index in [2.05, 4.69) is 0 Å². The molecule has 0 fully saturated rings. The number of fused-ring (bicyclic) bond motifs is 1. The van der Waals surface area contributed by atoms with Crippen molar-refractivity contribution < 1.29 is 4.79 Å². The molecule has 0 unspecified atom stereocenters. The molecule has 1 aromatic carbocycles. The smallest absolute Gasteiger partial charge is 0.258 e. The summed E-state index contributed by atoms with van der Waals surface area (Å²) in [6, 6.07) is 9.66. The van der Waals surface area contributed by atoms with Gasteiger partial charge in [0.25, 0.3) is 5.91 Å². The molecule has 0 saturated carbocycles. The van der Waals surface area contributed by atoms with Crippen molar-refractivity contribution in [3.05, 3.63) is 35.2 Å². The molecule has 0 saturated heterocycles. The lowest BCUT2D eigenvalue weighted by molar-refractivity contribution is 0.100. The Labute approximate surface area is 97.9 Å². The van der Waals surface area contributed by atoms with E-state index in [0.717, 1.165) is 10.1 Å². The molecule has 1 aromatic heterocycles. The van der Waals surface area contributed by atoms with Crippen LogP contribution in [0.5, 0.6) is 0 Å². The number of nitrogens with two attached hydrogens (primary N) is 1. The molecule has 14 heavy (non-hydrogen) atoms. The summed E-state index contributed by atoms with van der Waals surface area (Å²) in [5.41, 5.74) is 5.15. The highest BCUT2D eigenvalue weighted by Gasteiger charge is 2.04. The third-order valence-electron chi connectivity index (χ3n) is 1.67. The van der Waals surface area contributed by atoms with Crippen LogP contribution in [0.2, 0.25) is 0 Å². The van der Waals surface area contributed by atoms with Crippen LogP contribution in [0, 0.1) is 0 Å². The average molecular weight is 250 g/mol. The number of hydrogen-bond acceptors (Lipinski definition) is 2. The van der Waals surface area contributed by atoms with Crippen LogP contribution in [0.3, 0.4) is 0 Å². The second-order valence-corrected chi connectivity index (χ2v) is 3.60. The van der Waals surface area contributed by atoms with Crippen LogP contribution in [0.15, 0.2) is 30.3 Å². The van der Waals surface area contributed by atoms with Gasteiger partial charge >= 0.3 is 0 Å². The second-order valence-electron chi connectivity index (χ2n) is 2.51. The molecular formula is C9H9Cl2NOS. The maximum atomic E-state index is 10.8. The molecule has 2 aromatic rings. The Bertz CT molecular complexity index is 408. The van der Waals surface area contributed by atoms with Crippen LogP contribution in [0.1, 0.15) is 9.67 Å². The van der Waals surface area contributed by atoms with Crippen LogP contribution in [0.4, 0.5) is 0 Å². The lowest BCUT2D eigenvalue weighted by atomic mass is 10.2. The van der Waals surface area contributed by atoms with Gasteiger partial charge in [-0.2, -0.15) is 0 Å². The maximum Gasteiger partial charge on any atom is 0.258 e. The van der Waals surface area contributed by atoms with Crippen molar-refractivity contribution >= 4 is 52.1 Å². The second kappa shape index (κ2) is 5.20. The SMILES string of the molecule is Cl.Cl.NC(=O)c1cc2ccccc2s1. The van der Waals surface area contributed by atoms with Gasteiger partial charge in [-0.1, -0.05) is 18.2 Å². The highest BCUT2D eigenvalue weighted by atomic mass is 35.5. The van der Waals surface area contributed by atoms with Crippen molar-refractivity contribution in [3.63, 3.8) is 0 Å². The zero-order valence-electron chi connectivity index (χ0n) is 7.10. The predicted molar refractivity (Wildman–Crippen MR) is 64.8 cm³/mol. The minimum Gasteiger partial charge on any atom is -0.365 e. The Morgan fingerprint density at radius 3 is 2.43 bits per heavy atom. The average Bonchev–Trinajstić information content (AvgIpc) is 2.46. The van der Waals surface area contributed by atoms with E-state index < -0.39 is 0 Å². The highest BCUT2D eigenvalue weighted by molar-refractivity contribution is 7.20. The van der Waals surface area contributed by atoms with Crippen molar-refractivity contribution in [1.29, 1.82) is 0 Å². The van der Waals surface area contributed by atoms with Gasteiger partial charge in [0.2, 0.25) is 0 Å². The zero-order chi connectivity index (χ0) is 8.55. The Morgan fingerprint density at radius 2 is 1.86 bits per heavy atom. The Morgan fingerprint density at radius 1 is 1.21 bits per heavy atom. The van der Waals surface area contributed by atoms with Crippen molar-refractivity contribution in [1.82, 2.24) is 0 Å². The molecule has 5 heteroatoms. The Hall–Kier alpha value is -0.770. The van der Waals surface area contributed by atoms with Gasteiger partial charge in [0, 0.05) is 4.70 Å². The van der Waals surface area contributed by atoms with E-state index >= 15 is 0 Å². The van der Waals surface area contributed by atoms with Gasteiger partial charge in [-0.15, -0.1) is 36.2 Å². The van der Waals surface area contributed by atoms with E-state index in [9.17, 15) is 4.79 Å². The topological polar surface area (TPSA) is 43.1 Å². The predicted octanol–water partition coefficient (Wildman–Crippen LogP) is 2.84. The third kappa shape index (κ3) is 2.38. The molecule has 2 nitrogen and oxygen atoms in total. The Balaban J connectivity index is 0.000000845. The van der Waals surface area contributed by atoms with Crippen molar-refractivity contribution in [2.45, 2.75) is 0 Å². The number of rotatable bonds is 1. The number of benzene rings is 1. The first-order valence-corrected chi connectivity index (χ1v) is 4.37. The first-order valence-electron chi connectivity index (χ1n) is 3.56. The molecule has 0 atom stereocenters. The fourth-order valence-corrected chi connectivity index (χ4v) is 2.02. The number of thiophene rings is 1. The summed E-state index contributed by atoms with van der Waals surface area (Å²) >= 11 is 1.43. The van der Waals surface area contributed by atoms with Gasteiger partial charge in [-0.25, -0.2) is 0 Å². The fourth-order valence-electron chi connectivity index (χ4n) is 1.10. The number of hydrogen-bond donors (Lipinski definition) is 1. The molecule has 0 radical (unpaired) electrons. The molecule has 0 aliphatic carbocycles. The summed E-state index contributed by atoms with van der Waals surface area (Å²) in [4.78, 5) is 11.4. The largest absolute Gasteiger partial charge is 0.365 e. The summed E-state index contributed by atoms with van der Waals surface area (Å²) in [7, 11) is 0. The molecule has 76 valence electrons. The number of carbonyl (C=O) groups is 1. The summed E-state index contributed by atoms with van der Waals surface area (Å²) in [5, 5.41) is 1.08. The lowest BCUT2D eigenvalue weighted by Crippen LogP contribution is -2.07. The number of amides is 1. The van der Waals surface area contributed by atoms with Gasteiger partial charge in [-0.05, 0) is 17.5 Å². The number of carbonyl (C=O) groups excluding carboxylic acids is 1. The van der Waals surface area contributed by atoms with Crippen LogP contribution < -0.4 is 5.73 Å². The number of halogens is 2. The molecule has 0 aliphatic heterocycles. The first-order chi connectivity index (χ1) is 5.77. The van der Waals surface area contributed by atoms with Gasteiger partial charge < -0.3 is 5.73 Å². The number of primary amides is 1. The highest BCUT2D eigenvalue weighted by Crippen LogP contribution is 2.24. The van der Waals surface area contributed by atoms with E-state index in [1.54, 1.807) is 0 Å². The minimum absolute atomic E-state index is 0. The van der Waals surface area contributed by atoms with Gasteiger partial charge in [0.1, 0.15) is 0 Å². The Kier molecular flexibility index (Phi) is 4.91. The van der Waals surface area contributed by atoms with Crippen molar-refractivity contribution in [2.24, 2.45) is 5.73 Å². The van der Waals surface area contributed by atoms with Crippen LogP contribution >= 0.6 is 36.2 Å². The third-order valence-corrected chi connectivity index (χ3v) is 2.80. The maximum absolute atomic E-state index is 10.8. The summed E-state index contributed by atoms with van der Waals surface area (Å²) in [5.74, 6) is -0.351. The first kappa shape index (κ1) is 13.2. The molecule has 0 spiro atoms. The van der Waals surface area contributed by atoms with Crippen LogP contribution in [-0.4, -0.2) is 5.91 Å². The molecule has 1 amide bonds. The lowest BCUT2D eigenvalue weighted by Gasteiger charge is -1.82. The van der Waals surface area contributed by atoms with Gasteiger partial charge in [-0.3, -0.25) is 4.79 Å². The van der Waals surface area contributed by atoms with Gasteiger partial charge in [0.15, 0.2) is 0 Å². The summed E-state index contributed by atoms with van der Waals surface area (Å²) < 4.78 is 1.10. The van der Waals surface area contributed by atoms with E-state index in [4.69, 9.17) is 5.73 Å². The van der Waals surface area contributed by atoms with E-state index in [-0.39, 0.29) is 30.7 Å². The quantitative estimate of drug-likeness (QED) is 0.830. The van der Waals surface area contributed by atoms with E-state index in [1.165, 1.54) is 11.3 Å². The standard InChI is InChI=1S/C9H7NOS.2ClH/c10-9(11)8-5-6-3-1-2-4-7(6)12-8;;/h1-5H,(H2,10,11);2*1H. The van der Waals surface area contributed by atoms with Crippen LogP contribution in [-0.2, 0) is 0 Å². The molecule has 0 aliphatic rings. The monoisotopic (exact) mass is 249 g/mol. The van der Waals surface area contributed by atoms with Crippen molar-refractivity contribution in [3.8, 4) is 0 Å². The minimum atomic E-state index is -0.351. The van der Waals surface area contributed by atoms with Gasteiger partial charge in [0.05, 0.1) is 4.88 Å². The molecule has 0 bridgehead atoms. The molecule has 1 heterocycles. The fraction of sp³-hybridized carbons (Fsp3) is 0. The van der Waals surface area contributed by atoms with Crippen molar-refractivity contribution in [2.75, 3.05) is 0 Å². The van der Waals surface area contributed by atoms with Crippen LogP contribution in [0.25, 0.3) is 10.1 Å². The summed E-state index contributed by atoms with van der Waals surface area (Å²) in [6.07, 6.45) is 0. The molecule has 2 N–H and O–H groups in total. The van der Waals surface area contributed by atoms with E-state index in [1.807, 2.05) is 30.3 Å². The zero-order valence-corrected chi connectivity index (χ0v) is 9.55. The normalized spacial score (nSPS) is 8.86. The molecule has 2 rings (SSSR count). The molecular weight excluding hydrogens is 241 g/mol. The summed E-state index contributed by atoms with van der Waals surface area (Å²) in [6.45, 7) is 0.